The van der Waals surface area contributed by atoms with Gasteiger partial charge in [-0.1, -0.05) is 24.6 Å². The minimum absolute atomic E-state index is 0.112. The van der Waals surface area contributed by atoms with E-state index >= 15 is 4.39 Å². The van der Waals surface area contributed by atoms with Gasteiger partial charge in [0.15, 0.2) is 10.7 Å². The third-order valence-corrected chi connectivity index (χ3v) is 8.05. The first-order valence-corrected chi connectivity index (χ1v) is 12.2. The molecule has 2 aliphatic rings. The molecule has 1 N–H and O–H groups in total. The van der Waals surface area contributed by atoms with E-state index in [-0.39, 0.29) is 11.2 Å². The molecule has 6 nitrogen and oxygen atoms in total. The minimum Gasteiger partial charge on any atom is -0.368 e. The molecule has 4 rings (SSSR count). The van der Waals surface area contributed by atoms with E-state index in [1.165, 1.54) is 6.07 Å². The quantitative estimate of drug-likeness (QED) is 0.503. The third kappa shape index (κ3) is 4.27. The molecule has 0 spiro atoms. The zero-order valence-electron chi connectivity index (χ0n) is 17.7. The predicted molar refractivity (Wildman–Crippen MR) is 117 cm³/mol. The van der Waals surface area contributed by atoms with E-state index in [9.17, 15) is 17.2 Å². The third-order valence-electron chi connectivity index (χ3n) is 6.30. The van der Waals surface area contributed by atoms with Crippen molar-refractivity contribution in [3.05, 3.63) is 46.9 Å². The first-order valence-electron chi connectivity index (χ1n) is 10.3. The lowest BCUT2D eigenvalue weighted by atomic mass is 9.99. The van der Waals surface area contributed by atoms with Crippen LogP contribution in [0, 0.1) is 23.5 Å². The monoisotopic (exact) mass is 488 g/mol. The molecule has 0 bridgehead atoms. The van der Waals surface area contributed by atoms with Gasteiger partial charge < -0.3 is 4.90 Å². The molecule has 2 aromatic rings. The smallest absolute Gasteiger partial charge is 0.268 e. The van der Waals surface area contributed by atoms with Crippen molar-refractivity contribution in [2.75, 3.05) is 35.8 Å². The van der Waals surface area contributed by atoms with Gasteiger partial charge in [0.25, 0.3) is 10.0 Å². The Hall–Kier alpha value is -2.04. The van der Waals surface area contributed by atoms with Gasteiger partial charge >= 0.3 is 0 Å². The number of aromatic nitrogens is 1. The molecule has 32 heavy (non-hydrogen) atoms. The summed E-state index contributed by atoms with van der Waals surface area (Å²) in [5.74, 6) is -3.42. The van der Waals surface area contributed by atoms with Gasteiger partial charge in [-0.05, 0) is 44.4 Å². The average molecular weight is 489 g/mol. The molecule has 0 radical (unpaired) electrons. The second-order valence-corrected chi connectivity index (χ2v) is 10.8. The highest BCUT2D eigenvalue weighted by atomic mass is 35.5. The standard InChI is InChI=1S/C21H24ClF3N4O2S/c1-13-6-8-29(11-13)21(2)7-9-28(12-21)15-10-14(23)20(19(25)18(15)22)32(30,31)27-17-5-3-4-16(24)26-17/h3-5,10,13H,6-9,11-12H2,1-2H3,(H,26,27)/t13-,21+/m0/s1. The van der Waals surface area contributed by atoms with Crippen LogP contribution >= 0.6 is 11.6 Å². The number of hydrogen-bond acceptors (Lipinski definition) is 5. The van der Waals surface area contributed by atoms with Crippen LogP contribution in [0.2, 0.25) is 5.02 Å². The number of halogens is 4. The molecule has 1 aromatic carbocycles. The van der Waals surface area contributed by atoms with Crippen LogP contribution in [0.5, 0.6) is 0 Å². The number of hydrogen-bond donors (Lipinski definition) is 1. The van der Waals surface area contributed by atoms with Crippen LogP contribution in [0.3, 0.4) is 0 Å². The second kappa shape index (κ2) is 8.39. The minimum atomic E-state index is -4.74. The van der Waals surface area contributed by atoms with Crippen molar-refractivity contribution in [1.29, 1.82) is 0 Å². The van der Waals surface area contributed by atoms with Gasteiger partial charge in [-0.2, -0.15) is 4.39 Å². The largest absolute Gasteiger partial charge is 0.368 e. The number of rotatable bonds is 5. The van der Waals surface area contributed by atoms with Crippen molar-refractivity contribution < 1.29 is 21.6 Å². The normalized spacial score (nSPS) is 24.3. The predicted octanol–water partition coefficient (Wildman–Crippen LogP) is 4.26. The molecule has 0 unspecified atom stereocenters. The molecular formula is C21H24ClF3N4O2S. The zero-order valence-corrected chi connectivity index (χ0v) is 19.3. The maximum Gasteiger partial charge on any atom is 0.268 e. The summed E-state index contributed by atoms with van der Waals surface area (Å²) in [6, 6.07) is 4.33. The molecule has 2 saturated heterocycles. The molecule has 0 aliphatic carbocycles. The fraction of sp³-hybridized carbons (Fsp3) is 0.476. The van der Waals surface area contributed by atoms with E-state index in [0.717, 1.165) is 44.1 Å². The van der Waals surface area contributed by atoms with E-state index in [1.807, 2.05) is 4.72 Å². The molecule has 1 aromatic heterocycles. The first kappa shape index (κ1) is 23.1. The highest BCUT2D eigenvalue weighted by Gasteiger charge is 2.42. The summed E-state index contributed by atoms with van der Waals surface area (Å²) in [6.07, 6.45) is 1.91. The van der Waals surface area contributed by atoms with Gasteiger partial charge in [0.05, 0.1) is 5.69 Å². The summed E-state index contributed by atoms with van der Waals surface area (Å²) >= 11 is 6.20. The van der Waals surface area contributed by atoms with Gasteiger partial charge in [0, 0.05) is 31.2 Å². The number of sulfonamides is 1. The number of anilines is 2. The van der Waals surface area contributed by atoms with Gasteiger partial charge in [-0.3, -0.25) is 9.62 Å². The van der Waals surface area contributed by atoms with Crippen LogP contribution in [0.1, 0.15) is 26.7 Å². The van der Waals surface area contributed by atoms with Crippen LogP contribution in [0.4, 0.5) is 24.7 Å². The molecule has 174 valence electrons. The lowest BCUT2D eigenvalue weighted by Gasteiger charge is -2.35. The van der Waals surface area contributed by atoms with Gasteiger partial charge in [-0.15, -0.1) is 0 Å². The number of likely N-dealkylation sites (tertiary alicyclic amines) is 1. The highest BCUT2D eigenvalue weighted by molar-refractivity contribution is 7.92. The Kier molecular flexibility index (Phi) is 6.06. The molecule has 0 amide bonds. The van der Waals surface area contributed by atoms with E-state index in [4.69, 9.17) is 11.6 Å². The SMILES string of the molecule is C[C@H]1CCN([C@]2(C)CCN(c3cc(F)c(S(=O)(=O)Nc4cccc(F)n4)c(F)c3Cl)C2)C1. The van der Waals surface area contributed by atoms with Crippen LogP contribution in [0.15, 0.2) is 29.2 Å². The Morgan fingerprint density at radius 3 is 2.66 bits per heavy atom. The highest BCUT2D eigenvalue weighted by Crippen LogP contribution is 2.40. The van der Waals surface area contributed by atoms with Crippen molar-refractivity contribution in [3.8, 4) is 0 Å². The molecule has 2 atom stereocenters. The average Bonchev–Trinajstić information content (AvgIpc) is 3.31. The van der Waals surface area contributed by atoms with Crippen molar-refractivity contribution in [1.82, 2.24) is 9.88 Å². The summed E-state index contributed by atoms with van der Waals surface area (Å²) in [6.45, 7) is 7.33. The lowest BCUT2D eigenvalue weighted by molar-refractivity contribution is 0.152. The van der Waals surface area contributed by atoms with Crippen LogP contribution in [-0.2, 0) is 10.0 Å². The fourth-order valence-electron chi connectivity index (χ4n) is 4.53. The number of benzene rings is 1. The summed E-state index contributed by atoms with van der Waals surface area (Å²) in [4.78, 5) is 6.31. The van der Waals surface area contributed by atoms with Crippen molar-refractivity contribution in [2.45, 2.75) is 37.1 Å². The van der Waals surface area contributed by atoms with Gasteiger partial charge in [-0.25, -0.2) is 22.2 Å². The topological polar surface area (TPSA) is 65.5 Å². The molecule has 2 fully saturated rings. The van der Waals surface area contributed by atoms with Gasteiger partial charge in [0.1, 0.15) is 16.7 Å². The van der Waals surface area contributed by atoms with Gasteiger partial charge in [0.2, 0.25) is 5.95 Å². The Balaban J connectivity index is 1.62. The zero-order chi connectivity index (χ0) is 23.3. The molecule has 0 saturated carbocycles. The van der Waals surface area contributed by atoms with Crippen LogP contribution in [0.25, 0.3) is 0 Å². The Morgan fingerprint density at radius 1 is 1.25 bits per heavy atom. The number of pyridine rings is 1. The summed E-state index contributed by atoms with van der Waals surface area (Å²) in [5.41, 5.74) is -0.0448. The van der Waals surface area contributed by atoms with Crippen molar-refractivity contribution in [3.63, 3.8) is 0 Å². The maximum atomic E-state index is 15.1. The second-order valence-electron chi connectivity index (χ2n) is 8.79. The summed E-state index contributed by atoms with van der Waals surface area (Å²) in [7, 11) is -4.74. The molecular weight excluding hydrogens is 465 g/mol. The maximum absolute atomic E-state index is 15.1. The Labute approximate surface area is 190 Å². The molecule has 2 aliphatic heterocycles. The van der Waals surface area contributed by atoms with Crippen molar-refractivity contribution >= 4 is 33.1 Å². The first-order chi connectivity index (χ1) is 15.0. The Morgan fingerprint density at radius 2 is 2.00 bits per heavy atom. The molecule has 11 heteroatoms. The summed E-state index contributed by atoms with van der Waals surface area (Å²) < 4.78 is 70.4. The summed E-state index contributed by atoms with van der Waals surface area (Å²) in [5, 5.41) is -0.474. The van der Waals surface area contributed by atoms with Crippen LogP contribution in [-0.4, -0.2) is 50.0 Å². The molecule has 3 heterocycles. The van der Waals surface area contributed by atoms with Crippen LogP contribution < -0.4 is 9.62 Å². The Bertz CT molecular complexity index is 1150. The lowest BCUT2D eigenvalue weighted by Crippen LogP contribution is -2.47. The van der Waals surface area contributed by atoms with E-state index < -0.39 is 43.3 Å². The fourth-order valence-corrected chi connectivity index (χ4v) is 6.00. The number of nitrogens with zero attached hydrogens (tertiary/aromatic N) is 3. The number of nitrogens with one attached hydrogen (secondary N) is 1. The van der Waals surface area contributed by atoms with E-state index in [1.54, 1.807) is 4.90 Å². The van der Waals surface area contributed by atoms with E-state index in [0.29, 0.717) is 19.0 Å². The van der Waals surface area contributed by atoms with E-state index in [2.05, 4.69) is 23.7 Å². The van der Waals surface area contributed by atoms with Crippen molar-refractivity contribution in [2.24, 2.45) is 5.92 Å².